The highest BCUT2D eigenvalue weighted by Crippen LogP contribution is 2.34. The number of aliphatic hydroxyl groups excluding tert-OH is 1. The fraction of sp³-hybridized carbons (Fsp3) is 0.312. The fourth-order valence-electron chi connectivity index (χ4n) is 2.84. The Bertz CT molecular complexity index is 592. The molecule has 2 unspecified atom stereocenters. The van der Waals surface area contributed by atoms with E-state index in [9.17, 15) is 9.90 Å². The van der Waals surface area contributed by atoms with Crippen LogP contribution in [0.5, 0.6) is 0 Å². The third kappa shape index (κ3) is 2.34. The number of benzene rings is 1. The predicted octanol–water partition coefficient (Wildman–Crippen LogP) is 2.31. The summed E-state index contributed by atoms with van der Waals surface area (Å²) in [4.78, 5) is 12.2. The van der Waals surface area contributed by atoms with Gasteiger partial charge in [-0.05, 0) is 36.1 Å². The molecule has 4 nitrogen and oxygen atoms in total. The van der Waals surface area contributed by atoms with Gasteiger partial charge in [0.2, 0.25) is 0 Å². The number of aliphatic hydroxyl groups is 1. The van der Waals surface area contributed by atoms with Crippen molar-refractivity contribution < 1.29 is 14.3 Å². The van der Waals surface area contributed by atoms with Crippen LogP contribution in [-0.2, 0) is 6.42 Å². The minimum Gasteiger partial charge on any atom is -0.459 e. The molecular weight excluding hydrogens is 254 g/mol. The average Bonchev–Trinajstić information content (AvgIpc) is 3.02. The molecule has 2 aromatic rings. The van der Waals surface area contributed by atoms with Gasteiger partial charge in [-0.2, -0.15) is 0 Å². The topological polar surface area (TPSA) is 62.5 Å². The Balaban J connectivity index is 1.87. The largest absolute Gasteiger partial charge is 0.459 e. The maximum Gasteiger partial charge on any atom is 0.287 e. The summed E-state index contributed by atoms with van der Waals surface area (Å²) >= 11 is 0. The molecule has 0 fully saturated rings. The van der Waals surface area contributed by atoms with Gasteiger partial charge in [0, 0.05) is 12.5 Å². The molecule has 0 aliphatic heterocycles. The highest BCUT2D eigenvalue weighted by atomic mass is 16.3. The van der Waals surface area contributed by atoms with Crippen molar-refractivity contribution in [1.29, 1.82) is 0 Å². The fourth-order valence-corrected chi connectivity index (χ4v) is 2.84. The zero-order valence-corrected chi connectivity index (χ0v) is 11.1. The highest BCUT2D eigenvalue weighted by Gasteiger charge is 2.30. The molecule has 0 saturated carbocycles. The van der Waals surface area contributed by atoms with Crippen LogP contribution in [0.3, 0.4) is 0 Å². The quantitative estimate of drug-likeness (QED) is 0.900. The first kappa shape index (κ1) is 12.9. The van der Waals surface area contributed by atoms with E-state index in [1.54, 1.807) is 12.1 Å². The molecule has 0 saturated heterocycles. The van der Waals surface area contributed by atoms with E-state index in [1.165, 1.54) is 11.8 Å². The standard InChI is InChI=1S/C16H17NO3/c18-10-12-8-7-11-4-1-2-5-13(11)15(12)17-16(19)14-6-3-9-20-14/h1-6,9,12,15,18H,7-8,10H2,(H,17,19). The average molecular weight is 271 g/mol. The van der Waals surface area contributed by atoms with Gasteiger partial charge in [0.1, 0.15) is 0 Å². The molecule has 1 aliphatic rings. The van der Waals surface area contributed by atoms with Crippen LogP contribution in [-0.4, -0.2) is 17.6 Å². The normalized spacial score (nSPS) is 21.2. The van der Waals surface area contributed by atoms with Crippen molar-refractivity contribution in [1.82, 2.24) is 5.32 Å². The van der Waals surface area contributed by atoms with Gasteiger partial charge in [-0.25, -0.2) is 0 Å². The number of aryl methyl sites for hydroxylation is 1. The second kappa shape index (κ2) is 5.51. The van der Waals surface area contributed by atoms with Gasteiger partial charge >= 0.3 is 0 Å². The molecule has 2 atom stereocenters. The number of nitrogens with one attached hydrogen (secondary N) is 1. The Morgan fingerprint density at radius 1 is 1.30 bits per heavy atom. The predicted molar refractivity (Wildman–Crippen MR) is 74.3 cm³/mol. The van der Waals surface area contributed by atoms with Crippen molar-refractivity contribution in [3.05, 3.63) is 59.5 Å². The zero-order chi connectivity index (χ0) is 13.9. The summed E-state index contributed by atoms with van der Waals surface area (Å²) in [6, 6.07) is 11.2. The summed E-state index contributed by atoms with van der Waals surface area (Å²) in [5.74, 6) is 0.101. The number of amides is 1. The second-order valence-electron chi connectivity index (χ2n) is 5.11. The Kier molecular flexibility index (Phi) is 3.56. The number of carbonyl (C=O) groups is 1. The van der Waals surface area contributed by atoms with Crippen molar-refractivity contribution in [2.45, 2.75) is 18.9 Å². The summed E-state index contributed by atoms with van der Waals surface area (Å²) < 4.78 is 5.12. The van der Waals surface area contributed by atoms with Gasteiger partial charge in [0.25, 0.3) is 5.91 Å². The molecule has 2 N–H and O–H groups in total. The van der Waals surface area contributed by atoms with Crippen molar-refractivity contribution in [3.8, 4) is 0 Å². The molecule has 4 heteroatoms. The van der Waals surface area contributed by atoms with Crippen molar-refractivity contribution in [2.75, 3.05) is 6.61 Å². The minimum absolute atomic E-state index is 0.0452. The van der Waals surface area contributed by atoms with E-state index in [0.717, 1.165) is 18.4 Å². The molecule has 3 rings (SSSR count). The number of furan rings is 1. The third-order valence-corrected chi connectivity index (χ3v) is 3.91. The molecular formula is C16H17NO3. The van der Waals surface area contributed by atoms with E-state index < -0.39 is 0 Å². The van der Waals surface area contributed by atoms with Crippen LogP contribution in [0.4, 0.5) is 0 Å². The van der Waals surface area contributed by atoms with Crippen LogP contribution in [0.1, 0.15) is 34.1 Å². The summed E-state index contributed by atoms with van der Waals surface area (Å²) in [6.45, 7) is 0.0669. The lowest BCUT2D eigenvalue weighted by atomic mass is 9.80. The molecule has 20 heavy (non-hydrogen) atoms. The molecule has 0 bridgehead atoms. The maximum absolute atomic E-state index is 12.2. The van der Waals surface area contributed by atoms with Crippen molar-refractivity contribution in [3.63, 3.8) is 0 Å². The van der Waals surface area contributed by atoms with E-state index in [-0.39, 0.29) is 24.5 Å². The summed E-state index contributed by atoms with van der Waals surface area (Å²) in [5, 5.41) is 12.5. The Morgan fingerprint density at radius 2 is 2.15 bits per heavy atom. The smallest absolute Gasteiger partial charge is 0.287 e. The lowest BCUT2D eigenvalue weighted by Gasteiger charge is -2.33. The van der Waals surface area contributed by atoms with Crippen molar-refractivity contribution in [2.24, 2.45) is 5.92 Å². The molecule has 1 amide bonds. The molecule has 1 aromatic heterocycles. The highest BCUT2D eigenvalue weighted by molar-refractivity contribution is 5.91. The van der Waals surface area contributed by atoms with Gasteiger partial charge in [-0.1, -0.05) is 24.3 Å². The third-order valence-electron chi connectivity index (χ3n) is 3.91. The summed E-state index contributed by atoms with van der Waals surface area (Å²) in [6.07, 6.45) is 3.29. The molecule has 1 aliphatic carbocycles. The lowest BCUT2D eigenvalue weighted by molar-refractivity contribution is 0.0865. The molecule has 1 aromatic carbocycles. The number of rotatable bonds is 3. The van der Waals surface area contributed by atoms with E-state index in [2.05, 4.69) is 11.4 Å². The molecule has 1 heterocycles. The van der Waals surface area contributed by atoms with Crippen LogP contribution in [0.25, 0.3) is 0 Å². The minimum atomic E-state index is -0.241. The van der Waals surface area contributed by atoms with Crippen molar-refractivity contribution >= 4 is 5.91 Å². The van der Waals surface area contributed by atoms with Gasteiger partial charge in [0.15, 0.2) is 5.76 Å². The number of fused-ring (bicyclic) bond motifs is 1. The van der Waals surface area contributed by atoms with Crippen LogP contribution in [0.2, 0.25) is 0 Å². The lowest BCUT2D eigenvalue weighted by Crippen LogP contribution is -2.37. The van der Waals surface area contributed by atoms with Crippen LogP contribution in [0.15, 0.2) is 47.1 Å². The molecule has 0 spiro atoms. The van der Waals surface area contributed by atoms with Gasteiger partial charge in [0.05, 0.1) is 12.3 Å². The maximum atomic E-state index is 12.2. The van der Waals surface area contributed by atoms with Gasteiger partial charge in [-0.3, -0.25) is 4.79 Å². The molecule has 0 radical (unpaired) electrons. The Morgan fingerprint density at radius 3 is 2.90 bits per heavy atom. The summed E-state index contributed by atoms with van der Waals surface area (Å²) in [7, 11) is 0. The Hall–Kier alpha value is -2.07. The first-order valence-electron chi connectivity index (χ1n) is 6.82. The second-order valence-corrected chi connectivity index (χ2v) is 5.11. The summed E-state index contributed by atoms with van der Waals surface area (Å²) in [5.41, 5.74) is 2.33. The Labute approximate surface area is 117 Å². The first-order valence-corrected chi connectivity index (χ1v) is 6.82. The SMILES string of the molecule is O=C(NC1c2ccccc2CCC1CO)c1ccco1. The molecule has 104 valence electrons. The first-order chi connectivity index (χ1) is 9.79. The van der Waals surface area contributed by atoms with E-state index in [4.69, 9.17) is 4.42 Å². The van der Waals surface area contributed by atoms with E-state index >= 15 is 0 Å². The number of carbonyl (C=O) groups excluding carboxylic acids is 1. The number of hydrogen-bond acceptors (Lipinski definition) is 3. The monoisotopic (exact) mass is 271 g/mol. The van der Waals surface area contributed by atoms with E-state index in [1.807, 2.05) is 18.2 Å². The van der Waals surface area contributed by atoms with E-state index in [0.29, 0.717) is 5.76 Å². The number of hydrogen-bond donors (Lipinski definition) is 2. The van der Waals surface area contributed by atoms with Crippen LogP contribution >= 0.6 is 0 Å². The van der Waals surface area contributed by atoms with Gasteiger partial charge < -0.3 is 14.8 Å². The van der Waals surface area contributed by atoms with Gasteiger partial charge in [-0.15, -0.1) is 0 Å². The zero-order valence-electron chi connectivity index (χ0n) is 11.1. The van der Waals surface area contributed by atoms with Crippen LogP contribution in [0, 0.1) is 5.92 Å². The van der Waals surface area contributed by atoms with Crippen LogP contribution < -0.4 is 5.32 Å².